The number of hydrogen-bond acceptors (Lipinski definition) is 8. The van der Waals surface area contributed by atoms with E-state index in [4.69, 9.17) is 31.0 Å². The molecule has 0 bridgehead atoms. The van der Waals surface area contributed by atoms with E-state index in [-0.39, 0.29) is 0 Å². The van der Waals surface area contributed by atoms with Crippen molar-refractivity contribution in [2.24, 2.45) is 0 Å². The maximum Gasteiger partial charge on any atom is 0.407 e. The fourth-order valence-corrected chi connectivity index (χ4v) is 5.90. The highest BCUT2D eigenvalue weighted by Crippen LogP contribution is 2.36. The Morgan fingerprint density at radius 3 is 2.68 bits per heavy atom. The molecule has 9 nitrogen and oxygen atoms in total. The average molecular weight is 581 g/mol. The Hall–Kier alpha value is -3.30. The lowest BCUT2D eigenvalue weighted by Gasteiger charge is -2.33. The van der Waals surface area contributed by atoms with Crippen LogP contribution < -0.4 is 19.9 Å². The van der Waals surface area contributed by atoms with Crippen LogP contribution in [0.4, 0.5) is 16.3 Å². The van der Waals surface area contributed by atoms with Gasteiger partial charge >= 0.3 is 12.1 Å². The highest BCUT2D eigenvalue weighted by Gasteiger charge is 2.27. The van der Waals surface area contributed by atoms with Gasteiger partial charge in [0.25, 0.3) is 0 Å². The summed E-state index contributed by atoms with van der Waals surface area (Å²) in [4.78, 5) is 28.7. The van der Waals surface area contributed by atoms with Gasteiger partial charge in [-0.1, -0.05) is 35.9 Å². The zero-order valence-electron chi connectivity index (χ0n) is 24.7. The van der Waals surface area contributed by atoms with Crippen LogP contribution in [0.5, 0.6) is 6.01 Å². The summed E-state index contributed by atoms with van der Waals surface area (Å²) in [6, 6.07) is 13.1. The Bertz CT molecular complexity index is 1390. The number of likely N-dealkylation sites (N-methyl/N-ethyl adjacent to an activating group) is 2. The number of ether oxygens (including phenoxy) is 2. The van der Waals surface area contributed by atoms with Gasteiger partial charge in [0.2, 0.25) is 0 Å². The number of aromatic nitrogens is 2. The molecule has 0 unspecified atom stereocenters. The van der Waals surface area contributed by atoms with Crippen molar-refractivity contribution in [3.8, 4) is 6.01 Å². The molecule has 2 aliphatic rings. The number of nitrogens with zero attached hydrogens (tertiary/aromatic N) is 5. The number of benzene rings is 2. The average Bonchev–Trinajstić information content (AvgIpc) is 3.34. The molecule has 0 aliphatic carbocycles. The first-order chi connectivity index (χ1) is 19.6. The maximum absolute atomic E-state index is 12.2. The molecule has 0 spiro atoms. The molecule has 10 heteroatoms. The van der Waals surface area contributed by atoms with E-state index in [2.05, 4.69) is 51.3 Å². The molecule has 1 saturated heterocycles. The van der Waals surface area contributed by atoms with Gasteiger partial charge in [-0.3, -0.25) is 0 Å². The van der Waals surface area contributed by atoms with Crippen LogP contribution in [0.15, 0.2) is 36.4 Å². The van der Waals surface area contributed by atoms with Gasteiger partial charge in [0.05, 0.1) is 17.3 Å². The van der Waals surface area contributed by atoms with Crippen molar-refractivity contribution in [2.75, 3.05) is 56.7 Å². The van der Waals surface area contributed by atoms with Gasteiger partial charge in [-0.05, 0) is 71.1 Å². The van der Waals surface area contributed by atoms with Crippen LogP contribution in [0.2, 0.25) is 5.02 Å². The third-order valence-electron chi connectivity index (χ3n) is 7.75. The summed E-state index contributed by atoms with van der Waals surface area (Å²) in [5, 5.41) is 5.77. The molecular formula is C31H41ClN6O3. The lowest BCUT2D eigenvalue weighted by molar-refractivity contribution is 0.0529. The number of likely N-dealkylation sites (tertiary alicyclic amines) is 1. The first-order valence-electron chi connectivity index (χ1n) is 14.4. The van der Waals surface area contributed by atoms with Crippen molar-refractivity contribution in [1.82, 2.24) is 20.2 Å². The Balaban J connectivity index is 1.39. The molecule has 1 amide bonds. The largest absolute Gasteiger partial charge is 0.462 e. The SMILES string of the molecule is CN(CCNC(=O)OC(C)(C)C)c1nc(OC[C@@H]2CCCN2C)nc2c1CCN(c1cccc3cccc(Cl)c13)C2. The van der Waals surface area contributed by atoms with Crippen LogP contribution in [0.1, 0.15) is 44.9 Å². The highest BCUT2D eigenvalue weighted by molar-refractivity contribution is 6.36. The minimum atomic E-state index is -0.540. The minimum absolute atomic E-state index is 0.364. The zero-order valence-corrected chi connectivity index (χ0v) is 25.5. The van der Waals surface area contributed by atoms with Crippen molar-refractivity contribution in [3.05, 3.63) is 52.7 Å². The number of rotatable bonds is 8. The molecule has 1 aromatic heterocycles. The van der Waals surface area contributed by atoms with Gasteiger partial charge in [-0.2, -0.15) is 9.97 Å². The summed E-state index contributed by atoms with van der Waals surface area (Å²) in [6.45, 7) is 9.62. The smallest absolute Gasteiger partial charge is 0.407 e. The Morgan fingerprint density at radius 2 is 1.95 bits per heavy atom. The van der Waals surface area contributed by atoms with E-state index in [9.17, 15) is 4.79 Å². The summed E-state index contributed by atoms with van der Waals surface area (Å²) < 4.78 is 11.6. The van der Waals surface area contributed by atoms with Gasteiger partial charge in [0, 0.05) is 49.4 Å². The molecule has 1 atom stereocenters. The van der Waals surface area contributed by atoms with Gasteiger partial charge in [0.1, 0.15) is 18.0 Å². The molecule has 41 heavy (non-hydrogen) atoms. The van der Waals surface area contributed by atoms with Crippen molar-refractivity contribution < 1.29 is 14.3 Å². The second kappa shape index (κ2) is 12.3. The number of halogens is 1. The summed E-state index contributed by atoms with van der Waals surface area (Å²) in [5.74, 6) is 0.839. The van der Waals surface area contributed by atoms with E-state index in [1.54, 1.807) is 0 Å². The third-order valence-corrected chi connectivity index (χ3v) is 8.06. The molecular weight excluding hydrogens is 540 g/mol. The van der Waals surface area contributed by atoms with Crippen LogP contribution in [0.25, 0.3) is 10.8 Å². The summed E-state index contributed by atoms with van der Waals surface area (Å²) in [7, 11) is 4.13. The quantitative estimate of drug-likeness (QED) is 0.385. The van der Waals surface area contributed by atoms with Crippen LogP contribution in [0, 0.1) is 0 Å². The maximum atomic E-state index is 12.2. The predicted octanol–water partition coefficient (Wildman–Crippen LogP) is 5.28. The summed E-state index contributed by atoms with van der Waals surface area (Å²) in [5.41, 5.74) is 2.62. The van der Waals surface area contributed by atoms with Crippen LogP contribution in [-0.4, -0.2) is 79.5 Å². The van der Waals surface area contributed by atoms with E-state index in [0.29, 0.717) is 38.3 Å². The van der Waals surface area contributed by atoms with Crippen LogP contribution in [0.3, 0.4) is 0 Å². The topological polar surface area (TPSA) is 83.1 Å². The van der Waals surface area contributed by atoms with Crippen molar-refractivity contribution in [1.29, 1.82) is 0 Å². The minimum Gasteiger partial charge on any atom is -0.462 e. The van der Waals surface area contributed by atoms with Gasteiger partial charge < -0.3 is 29.5 Å². The van der Waals surface area contributed by atoms with E-state index in [1.807, 2.05) is 40.0 Å². The van der Waals surface area contributed by atoms with E-state index in [0.717, 1.165) is 64.5 Å². The first kappa shape index (κ1) is 29.2. The molecule has 0 saturated carbocycles. The van der Waals surface area contributed by atoms with Crippen LogP contribution >= 0.6 is 11.6 Å². The number of carbonyl (C=O) groups excluding carboxylic acids is 1. The number of nitrogens with one attached hydrogen (secondary N) is 1. The molecule has 5 rings (SSSR count). The lowest BCUT2D eigenvalue weighted by atomic mass is 10.0. The molecule has 2 aromatic carbocycles. The van der Waals surface area contributed by atoms with E-state index in [1.165, 1.54) is 6.42 Å². The van der Waals surface area contributed by atoms with E-state index >= 15 is 0 Å². The summed E-state index contributed by atoms with van der Waals surface area (Å²) >= 11 is 6.67. The number of amides is 1. The molecule has 2 aliphatic heterocycles. The Kier molecular flexibility index (Phi) is 8.75. The molecule has 1 N–H and O–H groups in total. The van der Waals surface area contributed by atoms with Gasteiger partial charge in [-0.15, -0.1) is 0 Å². The lowest BCUT2D eigenvalue weighted by Crippen LogP contribution is -2.38. The van der Waals surface area contributed by atoms with Gasteiger partial charge in [0.15, 0.2) is 0 Å². The van der Waals surface area contributed by atoms with Crippen molar-refractivity contribution in [2.45, 2.75) is 58.2 Å². The monoisotopic (exact) mass is 580 g/mol. The second-order valence-corrected chi connectivity index (χ2v) is 12.4. The number of anilines is 2. The molecule has 1 fully saturated rings. The normalized spacial score (nSPS) is 17.4. The third kappa shape index (κ3) is 6.96. The van der Waals surface area contributed by atoms with Gasteiger partial charge in [-0.25, -0.2) is 4.79 Å². The Labute approximate surface area is 247 Å². The number of hydrogen-bond donors (Lipinski definition) is 1. The fourth-order valence-electron chi connectivity index (χ4n) is 5.62. The Morgan fingerprint density at radius 1 is 1.17 bits per heavy atom. The van der Waals surface area contributed by atoms with Crippen molar-refractivity contribution >= 4 is 40.0 Å². The first-order valence-corrected chi connectivity index (χ1v) is 14.8. The van der Waals surface area contributed by atoms with E-state index < -0.39 is 11.7 Å². The van der Waals surface area contributed by atoms with Crippen LogP contribution in [-0.2, 0) is 17.7 Å². The number of carbonyl (C=O) groups is 1. The molecule has 220 valence electrons. The highest BCUT2D eigenvalue weighted by atomic mass is 35.5. The molecule has 3 aromatic rings. The number of fused-ring (bicyclic) bond motifs is 2. The fraction of sp³-hybridized carbons (Fsp3) is 0.516. The standard InChI is InChI=1S/C31H41ClN6O3/c1-31(2,3)41-30(39)33-15-18-37(5)28-23-14-17-38(26-13-7-10-21-9-6-12-24(32)27(21)26)19-25(23)34-29(35-28)40-20-22-11-8-16-36(22)4/h6-7,9-10,12-13,22H,8,11,14-20H2,1-5H3,(H,33,39)/t22-/m0/s1. The summed E-state index contributed by atoms with van der Waals surface area (Å²) in [6.07, 6.45) is 2.64. The zero-order chi connectivity index (χ0) is 29.1. The second-order valence-electron chi connectivity index (χ2n) is 12.0. The molecule has 3 heterocycles. The van der Waals surface area contributed by atoms with Crippen molar-refractivity contribution in [3.63, 3.8) is 0 Å². The molecule has 0 radical (unpaired) electrons. The number of alkyl carbamates (subject to hydrolysis) is 1. The predicted molar refractivity (Wildman–Crippen MR) is 164 cm³/mol.